The highest BCUT2D eigenvalue weighted by molar-refractivity contribution is 5.76. The number of hydrogen-bond donors (Lipinski definition) is 1. The van der Waals surface area contributed by atoms with E-state index in [4.69, 9.17) is 4.98 Å². The van der Waals surface area contributed by atoms with Gasteiger partial charge < -0.3 is 15.1 Å². The SMILES string of the molecule is CC(C)CC(=O)N1CCCC(N2CCC(Nc3nccc(N4CCCCCC4)n3)C2)C1. The van der Waals surface area contributed by atoms with Gasteiger partial charge in [-0.25, -0.2) is 4.98 Å². The molecule has 7 heteroatoms. The molecule has 3 fully saturated rings. The van der Waals surface area contributed by atoms with Gasteiger partial charge in [-0.3, -0.25) is 9.69 Å². The molecule has 4 heterocycles. The lowest BCUT2D eigenvalue weighted by atomic mass is 10.0. The molecule has 0 saturated carbocycles. The van der Waals surface area contributed by atoms with Gasteiger partial charge in [0.1, 0.15) is 5.82 Å². The summed E-state index contributed by atoms with van der Waals surface area (Å²) in [7, 11) is 0. The second-order valence-electron chi connectivity index (χ2n) is 10.00. The summed E-state index contributed by atoms with van der Waals surface area (Å²) in [5.74, 6) is 2.57. The monoisotopic (exact) mass is 428 g/mol. The Morgan fingerprint density at radius 1 is 1.06 bits per heavy atom. The van der Waals surface area contributed by atoms with Crippen molar-refractivity contribution in [3.8, 4) is 0 Å². The third-order valence-electron chi connectivity index (χ3n) is 6.97. The van der Waals surface area contributed by atoms with E-state index in [0.717, 1.165) is 63.9 Å². The van der Waals surface area contributed by atoms with Crippen LogP contribution in [0.15, 0.2) is 12.3 Å². The van der Waals surface area contributed by atoms with E-state index >= 15 is 0 Å². The van der Waals surface area contributed by atoms with Gasteiger partial charge in [-0.2, -0.15) is 4.98 Å². The maximum Gasteiger partial charge on any atom is 0.224 e. The first-order valence-electron chi connectivity index (χ1n) is 12.4. The number of piperidine rings is 1. The minimum atomic E-state index is 0.326. The first-order valence-corrected chi connectivity index (χ1v) is 12.4. The molecule has 3 aliphatic rings. The third-order valence-corrected chi connectivity index (χ3v) is 6.97. The topological polar surface area (TPSA) is 64.6 Å². The molecular weight excluding hydrogens is 388 g/mol. The molecule has 1 N–H and O–H groups in total. The minimum absolute atomic E-state index is 0.326. The van der Waals surface area contributed by atoms with Gasteiger partial charge in [0.2, 0.25) is 11.9 Å². The van der Waals surface area contributed by atoms with Crippen LogP contribution in [0.5, 0.6) is 0 Å². The van der Waals surface area contributed by atoms with Crippen molar-refractivity contribution in [3.05, 3.63) is 12.3 Å². The molecule has 1 aromatic rings. The molecule has 0 spiro atoms. The molecule has 3 aliphatic heterocycles. The maximum atomic E-state index is 12.5. The van der Waals surface area contributed by atoms with Crippen LogP contribution < -0.4 is 10.2 Å². The van der Waals surface area contributed by atoms with E-state index in [1.165, 1.54) is 32.1 Å². The molecule has 2 unspecified atom stereocenters. The zero-order chi connectivity index (χ0) is 21.6. The van der Waals surface area contributed by atoms with Crippen LogP contribution in [0, 0.1) is 5.92 Å². The summed E-state index contributed by atoms with van der Waals surface area (Å²) in [6.45, 7) is 10.4. The Morgan fingerprint density at radius 3 is 2.65 bits per heavy atom. The highest BCUT2D eigenvalue weighted by atomic mass is 16.2. The molecule has 31 heavy (non-hydrogen) atoms. The maximum absolute atomic E-state index is 12.5. The average molecular weight is 429 g/mol. The van der Waals surface area contributed by atoms with E-state index < -0.39 is 0 Å². The molecular formula is C24H40N6O. The number of carbonyl (C=O) groups excluding carboxylic acids is 1. The van der Waals surface area contributed by atoms with E-state index in [2.05, 4.69) is 38.8 Å². The molecule has 0 bridgehead atoms. The zero-order valence-corrected chi connectivity index (χ0v) is 19.4. The second kappa shape index (κ2) is 10.6. The van der Waals surface area contributed by atoms with Gasteiger partial charge in [-0.15, -0.1) is 0 Å². The van der Waals surface area contributed by atoms with Crippen LogP contribution in [0.25, 0.3) is 0 Å². The predicted molar refractivity (Wildman–Crippen MR) is 125 cm³/mol. The summed E-state index contributed by atoms with van der Waals surface area (Å²) >= 11 is 0. The Morgan fingerprint density at radius 2 is 1.87 bits per heavy atom. The Balaban J connectivity index is 1.30. The first-order chi connectivity index (χ1) is 15.1. The highest BCUT2D eigenvalue weighted by Gasteiger charge is 2.33. The van der Waals surface area contributed by atoms with Crippen molar-refractivity contribution in [1.82, 2.24) is 19.8 Å². The summed E-state index contributed by atoms with van der Waals surface area (Å²) in [5.41, 5.74) is 0. The van der Waals surface area contributed by atoms with Crippen LogP contribution in [0.2, 0.25) is 0 Å². The quantitative estimate of drug-likeness (QED) is 0.749. The molecule has 0 aromatic carbocycles. The molecule has 2 atom stereocenters. The summed E-state index contributed by atoms with van der Waals surface area (Å²) in [6.07, 6.45) is 11.1. The van der Waals surface area contributed by atoms with E-state index in [9.17, 15) is 4.79 Å². The van der Waals surface area contributed by atoms with Gasteiger partial charge in [-0.1, -0.05) is 26.7 Å². The predicted octanol–water partition coefficient (Wildman–Crippen LogP) is 3.38. The van der Waals surface area contributed by atoms with Crippen LogP contribution in [-0.4, -0.2) is 77.0 Å². The lowest BCUT2D eigenvalue weighted by Gasteiger charge is -2.38. The summed E-state index contributed by atoms with van der Waals surface area (Å²) in [4.78, 5) is 29.0. The van der Waals surface area contributed by atoms with Gasteiger partial charge in [0.05, 0.1) is 0 Å². The van der Waals surface area contributed by atoms with Crippen molar-refractivity contribution in [2.75, 3.05) is 49.5 Å². The van der Waals surface area contributed by atoms with Crippen molar-refractivity contribution < 1.29 is 4.79 Å². The van der Waals surface area contributed by atoms with E-state index in [1.807, 2.05) is 12.3 Å². The van der Waals surface area contributed by atoms with Crippen molar-refractivity contribution in [2.24, 2.45) is 5.92 Å². The Hall–Kier alpha value is -1.89. The summed E-state index contributed by atoms with van der Waals surface area (Å²) < 4.78 is 0. The van der Waals surface area contributed by atoms with Gasteiger partial charge >= 0.3 is 0 Å². The van der Waals surface area contributed by atoms with Gasteiger partial charge in [-0.05, 0) is 44.1 Å². The second-order valence-corrected chi connectivity index (χ2v) is 10.00. The van der Waals surface area contributed by atoms with Gasteiger partial charge in [0.15, 0.2) is 0 Å². The molecule has 0 aliphatic carbocycles. The van der Waals surface area contributed by atoms with Gasteiger partial charge in [0.25, 0.3) is 0 Å². The highest BCUT2D eigenvalue weighted by Crippen LogP contribution is 2.24. The molecule has 172 valence electrons. The number of nitrogens with one attached hydrogen (secondary N) is 1. The fraction of sp³-hybridized carbons (Fsp3) is 0.792. The van der Waals surface area contributed by atoms with Crippen LogP contribution >= 0.6 is 0 Å². The van der Waals surface area contributed by atoms with Crippen molar-refractivity contribution in [3.63, 3.8) is 0 Å². The Kier molecular flexibility index (Phi) is 7.64. The number of anilines is 2. The summed E-state index contributed by atoms with van der Waals surface area (Å²) in [5, 5.41) is 3.59. The van der Waals surface area contributed by atoms with Crippen molar-refractivity contribution in [1.29, 1.82) is 0 Å². The van der Waals surface area contributed by atoms with Crippen LogP contribution in [0.3, 0.4) is 0 Å². The number of rotatable bonds is 6. The van der Waals surface area contributed by atoms with Crippen LogP contribution in [0.1, 0.15) is 65.2 Å². The number of amides is 1. The number of aromatic nitrogens is 2. The number of likely N-dealkylation sites (tertiary alicyclic amines) is 2. The minimum Gasteiger partial charge on any atom is -0.356 e. The molecule has 1 aromatic heterocycles. The largest absolute Gasteiger partial charge is 0.356 e. The van der Waals surface area contributed by atoms with Crippen LogP contribution in [0.4, 0.5) is 11.8 Å². The number of nitrogens with zero attached hydrogens (tertiary/aromatic N) is 5. The fourth-order valence-corrected chi connectivity index (χ4v) is 5.27. The lowest BCUT2D eigenvalue weighted by Crippen LogP contribution is -2.49. The smallest absolute Gasteiger partial charge is 0.224 e. The standard InChI is InChI=1S/C24H40N6O/c1-19(2)16-23(31)30-14-7-8-21(18-30)29-15-10-20(17-29)26-24-25-11-9-22(27-24)28-12-5-3-4-6-13-28/h9,11,19-21H,3-8,10,12-18H2,1-2H3,(H,25,26,27). The average Bonchev–Trinajstić information content (AvgIpc) is 3.05. The first kappa shape index (κ1) is 22.3. The molecule has 4 rings (SSSR count). The number of carbonyl (C=O) groups is 1. The third kappa shape index (κ3) is 6.09. The Labute approximate surface area is 187 Å². The molecule has 1 amide bonds. The molecule has 0 radical (unpaired) electrons. The van der Waals surface area contributed by atoms with Crippen molar-refractivity contribution >= 4 is 17.7 Å². The van der Waals surface area contributed by atoms with E-state index in [1.54, 1.807) is 0 Å². The van der Waals surface area contributed by atoms with E-state index in [-0.39, 0.29) is 0 Å². The molecule has 7 nitrogen and oxygen atoms in total. The Bertz CT molecular complexity index is 718. The summed E-state index contributed by atoms with van der Waals surface area (Å²) in [6, 6.07) is 2.91. The van der Waals surface area contributed by atoms with Crippen LogP contribution in [-0.2, 0) is 4.79 Å². The van der Waals surface area contributed by atoms with E-state index in [0.29, 0.717) is 30.3 Å². The number of hydrogen-bond acceptors (Lipinski definition) is 6. The lowest BCUT2D eigenvalue weighted by molar-refractivity contribution is -0.134. The molecule has 3 saturated heterocycles. The van der Waals surface area contributed by atoms with Gasteiger partial charge in [0, 0.05) is 64.0 Å². The van der Waals surface area contributed by atoms with Crippen molar-refractivity contribution in [2.45, 2.75) is 77.3 Å². The normalized spacial score (nSPS) is 25.6. The fourth-order valence-electron chi connectivity index (χ4n) is 5.27. The zero-order valence-electron chi connectivity index (χ0n) is 19.4.